The van der Waals surface area contributed by atoms with Crippen LogP contribution in [0.3, 0.4) is 0 Å². The normalized spacial score (nSPS) is 20.8. The van der Waals surface area contributed by atoms with Crippen molar-refractivity contribution in [2.45, 2.75) is 30.3 Å². The van der Waals surface area contributed by atoms with Crippen molar-refractivity contribution in [2.24, 2.45) is 5.16 Å². The molecular formula is C22H17Cl2F6N3O2. The van der Waals surface area contributed by atoms with E-state index in [1.165, 1.54) is 7.05 Å². The Morgan fingerprint density at radius 1 is 1.11 bits per heavy atom. The van der Waals surface area contributed by atoms with Crippen LogP contribution in [0, 0.1) is 0 Å². The summed E-state index contributed by atoms with van der Waals surface area (Å²) in [6.07, 6.45) is -11.0. The van der Waals surface area contributed by atoms with Crippen LogP contribution in [-0.4, -0.2) is 43.0 Å². The number of alkyl halides is 6. The molecule has 13 heteroatoms. The monoisotopic (exact) mass is 539 g/mol. The molecule has 0 aromatic heterocycles. The Morgan fingerprint density at radius 2 is 1.74 bits per heavy atom. The molecule has 2 aliphatic rings. The van der Waals surface area contributed by atoms with Crippen molar-refractivity contribution >= 4 is 34.9 Å². The van der Waals surface area contributed by atoms with E-state index in [1.54, 1.807) is 29.2 Å². The number of carbonyl (C=O) groups is 1. The molecule has 2 amide bonds. The van der Waals surface area contributed by atoms with E-state index in [1.807, 2.05) is 0 Å². The molecule has 0 radical (unpaired) electrons. The van der Waals surface area contributed by atoms with Crippen LogP contribution in [0.15, 0.2) is 41.6 Å². The van der Waals surface area contributed by atoms with E-state index in [0.29, 0.717) is 24.7 Å². The first kappa shape index (κ1) is 25.4. The van der Waals surface area contributed by atoms with Crippen LogP contribution in [-0.2, 0) is 16.6 Å². The van der Waals surface area contributed by atoms with Crippen molar-refractivity contribution in [3.8, 4) is 0 Å². The van der Waals surface area contributed by atoms with Crippen LogP contribution in [0.1, 0.15) is 34.6 Å². The summed E-state index contributed by atoms with van der Waals surface area (Å²) in [7, 11) is 1.53. The van der Waals surface area contributed by atoms with Crippen LogP contribution < -0.4 is 5.32 Å². The Kier molecular flexibility index (Phi) is 6.38. The minimum Gasteiger partial charge on any atom is -0.374 e. The number of nitrogens with zero attached hydrogens (tertiary/aromatic N) is 2. The Balaban J connectivity index is 1.60. The lowest BCUT2D eigenvalue weighted by Crippen LogP contribution is -2.51. The number of likely N-dealkylation sites (tertiary alicyclic amines) is 1. The second-order valence-electron chi connectivity index (χ2n) is 8.23. The van der Waals surface area contributed by atoms with Gasteiger partial charge in [0.25, 0.3) is 5.60 Å². The predicted octanol–water partition coefficient (Wildman–Crippen LogP) is 6.33. The zero-order chi connectivity index (χ0) is 25.8. The molecule has 4 rings (SSSR count). The number of carbonyl (C=O) groups excluding carboxylic acids is 1. The number of amides is 2. The van der Waals surface area contributed by atoms with Gasteiger partial charge in [-0.2, -0.15) is 26.3 Å². The fourth-order valence-electron chi connectivity index (χ4n) is 4.05. The molecule has 2 aromatic carbocycles. The summed E-state index contributed by atoms with van der Waals surface area (Å²) in [6, 6.07) is 7.33. The molecule has 0 aliphatic carbocycles. The maximum atomic E-state index is 14.2. The zero-order valence-corrected chi connectivity index (χ0v) is 19.4. The zero-order valence-electron chi connectivity index (χ0n) is 17.9. The summed E-state index contributed by atoms with van der Waals surface area (Å²) in [5.41, 5.74) is -4.41. The van der Waals surface area contributed by atoms with Gasteiger partial charge >= 0.3 is 18.4 Å². The van der Waals surface area contributed by atoms with Crippen molar-refractivity contribution < 1.29 is 36.0 Å². The number of oxime groups is 1. The van der Waals surface area contributed by atoms with Crippen molar-refractivity contribution in [3.05, 3.63) is 68.7 Å². The summed E-state index contributed by atoms with van der Waals surface area (Å²) in [4.78, 5) is 18.0. The highest BCUT2D eigenvalue weighted by Crippen LogP contribution is 2.51. The van der Waals surface area contributed by atoms with Gasteiger partial charge in [0.05, 0.1) is 21.3 Å². The molecule has 1 saturated heterocycles. The smallest absolute Gasteiger partial charge is 0.374 e. The second kappa shape index (κ2) is 8.77. The van der Waals surface area contributed by atoms with E-state index in [4.69, 9.17) is 28.0 Å². The first-order chi connectivity index (χ1) is 16.3. The third-order valence-electron chi connectivity index (χ3n) is 6.08. The molecule has 5 nitrogen and oxygen atoms in total. The highest BCUT2D eigenvalue weighted by Gasteiger charge is 2.63. The molecule has 1 unspecified atom stereocenters. The van der Waals surface area contributed by atoms with Crippen molar-refractivity contribution in [2.75, 3.05) is 20.1 Å². The summed E-state index contributed by atoms with van der Waals surface area (Å²) in [5.74, 6) is 0.0781. The molecule has 2 aliphatic heterocycles. The average molecular weight is 540 g/mol. The molecule has 188 valence electrons. The summed E-state index contributed by atoms with van der Waals surface area (Å²) >= 11 is 11.4. The molecule has 35 heavy (non-hydrogen) atoms. The van der Waals surface area contributed by atoms with Gasteiger partial charge in [0.2, 0.25) is 0 Å². The molecule has 2 heterocycles. The van der Waals surface area contributed by atoms with Gasteiger partial charge in [-0.05, 0) is 23.3 Å². The van der Waals surface area contributed by atoms with E-state index in [-0.39, 0.29) is 23.7 Å². The van der Waals surface area contributed by atoms with Gasteiger partial charge in [-0.1, -0.05) is 52.6 Å². The number of rotatable bonds is 3. The van der Waals surface area contributed by atoms with Crippen molar-refractivity contribution in [3.63, 3.8) is 0 Å². The summed E-state index contributed by atoms with van der Waals surface area (Å²) < 4.78 is 82.7. The van der Waals surface area contributed by atoms with Gasteiger partial charge in [0.15, 0.2) is 0 Å². The molecule has 0 bridgehead atoms. The third kappa shape index (κ3) is 4.51. The van der Waals surface area contributed by atoms with E-state index in [0.717, 1.165) is 5.56 Å². The Bertz CT molecular complexity index is 1180. The summed E-state index contributed by atoms with van der Waals surface area (Å²) in [5, 5.41) is 4.51. The van der Waals surface area contributed by atoms with Crippen LogP contribution in [0.2, 0.25) is 10.0 Å². The number of hydrogen-bond acceptors (Lipinski definition) is 3. The van der Waals surface area contributed by atoms with Gasteiger partial charge in [0, 0.05) is 38.0 Å². The average Bonchev–Trinajstić information content (AvgIpc) is 3.21. The number of hydrogen-bond donors (Lipinski definition) is 1. The Hall–Kier alpha value is -2.66. The number of halogens is 8. The molecule has 1 atom stereocenters. The predicted molar refractivity (Wildman–Crippen MR) is 117 cm³/mol. The van der Waals surface area contributed by atoms with E-state index >= 15 is 0 Å². The lowest BCUT2D eigenvalue weighted by atomic mass is 9.85. The van der Waals surface area contributed by atoms with Crippen LogP contribution in [0.5, 0.6) is 0 Å². The number of urea groups is 1. The topological polar surface area (TPSA) is 53.9 Å². The minimum atomic E-state index is -5.12. The second-order valence-corrected chi connectivity index (χ2v) is 9.01. The van der Waals surface area contributed by atoms with Gasteiger partial charge in [-0.3, -0.25) is 0 Å². The quantitative estimate of drug-likeness (QED) is 0.463. The Labute approximate surface area is 205 Å². The van der Waals surface area contributed by atoms with Gasteiger partial charge in [-0.25, -0.2) is 4.79 Å². The molecule has 1 N–H and O–H groups in total. The molecule has 0 saturated carbocycles. The molecular weight excluding hydrogens is 523 g/mol. The SMILES string of the molecule is CNC(=O)N1CC(c2ccc(C3=NOC(c4cc(Cl)c(Cl)c(C(F)(F)F)c4)(C(F)(F)F)C3)cc2)C1. The van der Waals surface area contributed by atoms with E-state index in [9.17, 15) is 31.1 Å². The van der Waals surface area contributed by atoms with E-state index < -0.39 is 45.5 Å². The maximum absolute atomic E-state index is 14.2. The van der Waals surface area contributed by atoms with Crippen LogP contribution in [0.4, 0.5) is 31.1 Å². The lowest BCUT2D eigenvalue weighted by Gasteiger charge is -2.39. The van der Waals surface area contributed by atoms with Crippen LogP contribution in [0.25, 0.3) is 0 Å². The minimum absolute atomic E-state index is 0.0781. The molecule has 0 spiro atoms. The van der Waals surface area contributed by atoms with Gasteiger partial charge in [0.1, 0.15) is 0 Å². The fraction of sp³-hybridized carbons (Fsp3) is 0.364. The highest BCUT2D eigenvalue weighted by atomic mass is 35.5. The third-order valence-corrected chi connectivity index (χ3v) is 6.89. The summed E-state index contributed by atoms with van der Waals surface area (Å²) in [6.45, 7) is 0.998. The molecule has 2 aromatic rings. The van der Waals surface area contributed by atoms with Gasteiger partial charge in [-0.15, -0.1) is 0 Å². The molecule has 1 fully saturated rings. The van der Waals surface area contributed by atoms with Crippen molar-refractivity contribution in [1.29, 1.82) is 0 Å². The number of benzene rings is 2. The fourth-order valence-corrected chi connectivity index (χ4v) is 4.48. The first-order valence-corrected chi connectivity index (χ1v) is 11.0. The van der Waals surface area contributed by atoms with Crippen LogP contribution >= 0.6 is 23.2 Å². The lowest BCUT2D eigenvalue weighted by molar-refractivity contribution is -0.276. The Morgan fingerprint density at radius 3 is 2.29 bits per heavy atom. The first-order valence-electron chi connectivity index (χ1n) is 10.2. The maximum Gasteiger partial charge on any atom is 0.435 e. The standard InChI is InChI=1S/C22H17Cl2F6N3O2/c1-31-19(34)33-9-13(10-33)11-2-4-12(5-3-11)17-8-20(35-32-17,22(28,29)30)14-6-15(21(25,26)27)18(24)16(23)7-14/h2-7,13H,8-10H2,1H3,(H,31,34). The highest BCUT2D eigenvalue weighted by molar-refractivity contribution is 6.42. The number of nitrogens with one attached hydrogen (secondary N) is 1. The van der Waals surface area contributed by atoms with E-state index in [2.05, 4.69) is 10.5 Å². The van der Waals surface area contributed by atoms with Crippen molar-refractivity contribution in [1.82, 2.24) is 10.2 Å². The largest absolute Gasteiger partial charge is 0.435 e. The van der Waals surface area contributed by atoms with Gasteiger partial charge < -0.3 is 15.1 Å².